The molecule has 0 bridgehead atoms. The number of rotatable bonds is 2. The highest BCUT2D eigenvalue weighted by Crippen LogP contribution is 2.22. The molecule has 1 aromatic rings. The van der Waals surface area contributed by atoms with E-state index >= 15 is 0 Å². The Morgan fingerprint density at radius 2 is 2.00 bits per heavy atom. The minimum absolute atomic E-state index is 0.0657. The van der Waals surface area contributed by atoms with E-state index in [0.717, 1.165) is 12.8 Å². The van der Waals surface area contributed by atoms with Crippen LogP contribution in [0.25, 0.3) is 0 Å². The van der Waals surface area contributed by atoms with Crippen LogP contribution in [0, 0.1) is 0 Å². The highest BCUT2D eigenvalue weighted by molar-refractivity contribution is 5.11. The van der Waals surface area contributed by atoms with Crippen molar-refractivity contribution in [3.8, 4) is 11.8 Å². The monoisotopic (exact) mass is 166 g/mol. The SMILES string of the molecule is Oc1cnc(OC2CCC2)nc1. The fourth-order valence-corrected chi connectivity index (χ4v) is 1.01. The summed E-state index contributed by atoms with van der Waals surface area (Å²) >= 11 is 0. The molecule has 0 unspecified atom stereocenters. The van der Waals surface area contributed by atoms with Crippen molar-refractivity contribution in [2.75, 3.05) is 0 Å². The number of ether oxygens (including phenoxy) is 1. The van der Waals surface area contributed by atoms with E-state index in [1.54, 1.807) is 0 Å². The normalized spacial score (nSPS) is 17.0. The van der Waals surface area contributed by atoms with Crippen LogP contribution in [0.3, 0.4) is 0 Å². The lowest BCUT2D eigenvalue weighted by molar-refractivity contribution is 0.108. The molecule has 2 rings (SSSR count). The summed E-state index contributed by atoms with van der Waals surface area (Å²) in [6, 6.07) is 0.359. The average molecular weight is 166 g/mol. The summed E-state index contributed by atoms with van der Waals surface area (Å²) < 4.78 is 5.37. The summed E-state index contributed by atoms with van der Waals surface area (Å²) in [6.07, 6.45) is 6.36. The Morgan fingerprint density at radius 3 is 2.50 bits per heavy atom. The van der Waals surface area contributed by atoms with E-state index in [1.165, 1.54) is 18.8 Å². The van der Waals surface area contributed by atoms with Gasteiger partial charge in [0.25, 0.3) is 0 Å². The van der Waals surface area contributed by atoms with Gasteiger partial charge in [0.1, 0.15) is 6.10 Å². The second kappa shape index (κ2) is 2.97. The lowest BCUT2D eigenvalue weighted by Gasteiger charge is -2.24. The first-order valence-electron chi connectivity index (χ1n) is 4.02. The van der Waals surface area contributed by atoms with Crippen molar-refractivity contribution in [2.24, 2.45) is 0 Å². The summed E-state index contributed by atoms with van der Waals surface area (Å²) in [5, 5.41) is 8.88. The third kappa shape index (κ3) is 1.47. The van der Waals surface area contributed by atoms with E-state index in [2.05, 4.69) is 9.97 Å². The fourth-order valence-electron chi connectivity index (χ4n) is 1.01. The molecular formula is C8H10N2O2. The molecule has 1 aromatic heterocycles. The van der Waals surface area contributed by atoms with Crippen LogP contribution >= 0.6 is 0 Å². The van der Waals surface area contributed by atoms with Gasteiger partial charge in [-0.1, -0.05) is 0 Å². The lowest BCUT2D eigenvalue weighted by atomic mass is 9.96. The van der Waals surface area contributed by atoms with Gasteiger partial charge in [-0.15, -0.1) is 0 Å². The van der Waals surface area contributed by atoms with Crippen molar-refractivity contribution in [1.29, 1.82) is 0 Å². The first-order chi connectivity index (χ1) is 5.84. The van der Waals surface area contributed by atoms with E-state index in [0.29, 0.717) is 6.01 Å². The number of aromatic nitrogens is 2. The van der Waals surface area contributed by atoms with E-state index in [4.69, 9.17) is 9.84 Å². The minimum Gasteiger partial charge on any atom is -0.505 e. The summed E-state index contributed by atoms with van der Waals surface area (Å²) in [5.74, 6) is 0.0657. The number of nitrogens with zero attached hydrogens (tertiary/aromatic N) is 2. The standard InChI is InChI=1S/C8H10N2O2/c11-6-4-9-8(10-5-6)12-7-2-1-3-7/h4-5,7,11H,1-3H2. The Morgan fingerprint density at radius 1 is 1.33 bits per heavy atom. The second-order valence-electron chi connectivity index (χ2n) is 2.89. The Balaban J connectivity index is 1.98. The van der Waals surface area contributed by atoms with Crippen molar-refractivity contribution in [3.63, 3.8) is 0 Å². The Labute approximate surface area is 70.2 Å². The zero-order valence-electron chi connectivity index (χ0n) is 6.60. The van der Waals surface area contributed by atoms with Gasteiger partial charge in [0.2, 0.25) is 0 Å². The first-order valence-corrected chi connectivity index (χ1v) is 4.02. The molecule has 4 nitrogen and oxygen atoms in total. The Hall–Kier alpha value is -1.32. The fraction of sp³-hybridized carbons (Fsp3) is 0.500. The van der Waals surface area contributed by atoms with E-state index in [9.17, 15) is 0 Å². The smallest absolute Gasteiger partial charge is 0.316 e. The third-order valence-corrected chi connectivity index (χ3v) is 1.94. The highest BCUT2D eigenvalue weighted by Gasteiger charge is 2.19. The van der Waals surface area contributed by atoms with E-state index < -0.39 is 0 Å². The van der Waals surface area contributed by atoms with Gasteiger partial charge in [-0.3, -0.25) is 0 Å². The molecule has 1 aliphatic carbocycles. The maximum Gasteiger partial charge on any atom is 0.316 e. The number of hydrogen-bond acceptors (Lipinski definition) is 4. The minimum atomic E-state index is 0.0657. The molecule has 0 aliphatic heterocycles. The molecule has 1 fully saturated rings. The zero-order chi connectivity index (χ0) is 8.39. The summed E-state index contributed by atoms with van der Waals surface area (Å²) in [6.45, 7) is 0. The Bertz CT molecular complexity index is 256. The van der Waals surface area contributed by atoms with Gasteiger partial charge in [0.15, 0.2) is 5.75 Å². The Kier molecular flexibility index (Phi) is 1.81. The van der Waals surface area contributed by atoms with Crippen LogP contribution in [0.5, 0.6) is 11.8 Å². The molecule has 1 N–H and O–H groups in total. The molecule has 12 heavy (non-hydrogen) atoms. The molecule has 1 heterocycles. The van der Waals surface area contributed by atoms with Gasteiger partial charge in [0.05, 0.1) is 12.4 Å². The van der Waals surface area contributed by atoms with Gasteiger partial charge >= 0.3 is 6.01 Å². The molecule has 1 aliphatic rings. The predicted octanol–water partition coefficient (Wildman–Crippen LogP) is 1.11. The lowest BCUT2D eigenvalue weighted by Crippen LogP contribution is -2.25. The van der Waals surface area contributed by atoms with Crippen LogP contribution < -0.4 is 4.74 Å². The largest absolute Gasteiger partial charge is 0.505 e. The van der Waals surface area contributed by atoms with Crippen LogP contribution in [0.1, 0.15) is 19.3 Å². The average Bonchev–Trinajstić information content (AvgIpc) is 2.00. The van der Waals surface area contributed by atoms with Gasteiger partial charge < -0.3 is 9.84 Å². The van der Waals surface area contributed by atoms with Crippen LogP contribution in [-0.2, 0) is 0 Å². The third-order valence-electron chi connectivity index (χ3n) is 1.94. The molecule has 0 saturated heterocycles. The maximum absolute atomic E-state index is 8.88. The molecule has 0 amide bonds. The second-order valence-corrected chi connectivity index (χ2v) is 2.89. The topological polar surface area (TPSA) is 55.2 Å². The van der Waals surface area contributed by atoms with Gasteiger partial charge in [0, 0.05) is 0 Å². The predicted molar refractivity (Wildman–Crippen MR) is 42.0 cm³/mol. The zero-order valence-corrected chi connectivity index (χ0v) is 6.60. The van der Waals surface area contributed by atoms with Gasteiger partial charge in [-0.05, 0) is 19.3 Å². The van der Waals surface area contributed by atoms with Crippen LogP contribution in [0.15, 0.2) is 12.4 Å². The quantitative estimate of drug-likeness (QED) is 0.715. The van der Waals surface area contributed by atoms with Crippen molar-refractivity contribution < 1.29 is 9.84 Å². The van der Waals surface area contributed by atoms with Crippen LogP contribution in [0.4, 0.5) is 0 Å². The first kappa shape index (κ1) is 7.34. The maximum atomic E-state index is 8.88. The van der Waals surface area contributed by atoms with Crippen molar-refractivity contribution in [1.82, 2.24) is 9.97 Å². The summed E-state index contributed by atoms with van der Waals surface area (Å²) in [5.41, 5.74) is 0. The molecule has 0 aromatic carbocycles. The molecule has 4 heteroatoms. The van der Waals surface area contributed by atoms with Gasteiger partial charge in [-0.25, -0.2) is 0 Å². The molecule has 0 radical (unpaired) electrons. The summed E-state index contributed by atoms with van der Waals surface area (Å²) in [7, 11) is 0. The van der Waals surface area contributed by atoms with Crippen molar-refractivity contribution >= 4 is 0 Å². The number of aromatic hydroxyl groups is 1. The summed E-state index contributed by atoms with van der Waals surface area (Å²) in [4.78, 5) is 7.63. The van der Waals surface area contributed by atoms with Gasteiger partial charge in [-0.2, -0.15) is 9.97 Å². The van der Waals surface area contributed by atoms with E-state index in [1.807, 2.05) is 0 Å². The molecule has 1 saturated carbocycles. The molecule has 0 atom stereocenters. The van der Waals surface area contributed by atoms with Crippen LogP contribution in [0.2, 0.25) is 0 Å². The highest BCUT2D eigenvalue weighted by atomic mass is 16.5. The van der Waals surface area contributed by atoms with E-state index in [-0.39, 0.29) is 11.9 Å². The number of hydrogen-bond donors (Lipinski definition) is 1. The molecule has 0 spiro atoms. The van der Waals surface area contributed by atoms with Crippen molar-refractivity contribution in [3.05, 3.63) is 12.4 Å². The molecular weight excluding hydrogens is 156 g/mol. The van der Waals surface area contributed by atoms with Crippen LogP contribution in [-0.4, -0.2) is 21.2 Å². The molecule has 64 valence electrons. The van der Waals surface area contributed by atoms with Crippen molar-refractivity contribution in [2.45, 2.75) is 25.4 Å².